The summed E-state index contributed by atoms with van der Waals surface area (Å²) < 4.78 is 41.3. The molecule has 1 heterocycles. The summed E-state index contributed by atoms with van der Waals surface area (Å²) in [5, 5.41) is 0. The minimum Gasteiger partial charge on any atom is -0.312 e. The van der Waals surface area contributed by atoms with Crippen LogP contribution in [0, 0.1) is 12.7 Å². The lowest BCUT2D eigenvalue weighted by molar-refractivity contribution is -0.118. The van der Waals surface area contributed by atoms with E-state index in [4.69, 9.17) is 0 Å². The molecule has 0 unspecified atom stereocenters. The van der Waals surface area contributed by atoms with Gasteiger partial charge >= 0.3 is 0 Å². The number of carbonyl (C=O) groups is 1. The number of rotatable bonds is 6. The smallest absolute Gasteiger partial charge is 0.262 e. The van der Waals surface area contributed by atoms with Crippen LogP contribution < -0.4 is 9.62 Å². The summed E-state index contributed by atoms with van der Waals surface area (Å²) in [5.74, 6) is -0.504. The Hall–Kier alpha value is -2.41. The van der Waals surface area contributed by atoms with Crippen molar-refractivity contribution in [2.75, 3.05) is 16.2 Å². The van der Waals surface area contributed by atoms with E-state index in [0.717, 1.165) is 30.2 Å². The molecule has 1 amide bonds. The van der Waals surface area contributed by atoms with Crippen molar-refractivity contribution < 1.29 is 17.6 Å². The van der Waals surface area contributed by atoms with Gasteiger partial charge in [0.25, 0.3) is 10.0 Å². The van der Waals surface area contributed by atoms with Crippen LogP contribution in [0.2, 0.25) is 0 Å². The predicted molar refractivity (Wildman–Crippen MR) is 104 cm³/mol. The highest BCUT2D eigenvalue weighted by Crippen LogP contribution is 2.31. The summed E-state index contributed by atoms with van der Waals surface area (Å²) in [6, 6.07) is 8.86. The van der Waals surface area contributed by atoms with Crippen molar-refractivity contribution in [3.8, 4) is 0 Å². The summed E-state index contributed by atoms with van der Waals surface area (Å²) in [7, 11) is -3.90. The van der Waals surface area contributed by atoms with E-state index in [2.05, 4.69) is 11.6 Å². The topological polar surface area (TPSA) is 66.5 Å². The molecular weight excluding hydrogens is 367 g/mol. The minimum absolute atomic E-state index is 0.0834. The number of sulfonamides is 1. The van der Waals surface area contributed by atoms with Crippen molar-refractivity contribution in [2.45, 2.75) is 44.4 Å². The molecule has 2 aromatic carbocycles. The first kappa shape index (κ1) is 19.4. The fraction of sp³-hybridized carbons (Fsp3) is 0.350. The molecule has 7 heteroatoms. The maximum absolute atomic E-state index is 13.5. The Morgan fingerprint density at radius 1 is 1.15 bits per heavy atom. The fourth-order valence-corrected chi connectivity index (χ4v) is 4.57. The van der Waals surface area contributed by atoms with Crippen molar-refractivity contribution in [1.29, 1.82) is 0 Å². The maximum atomic E-state index is 13.5. The zero-order valence-electron chi connectivity index (χ0n) is 15.5. The van der Waals surface area contributed by atoms with E-state index < -0.39 is 15.8 Å². The Morgan fingerprint density at radius 2 is 1.93 bits per heavy atom. The molecule has 0 fully saturated rings. The molecule has 0 saturated heterocycles. The van der Waals surface area contributed by atoms with Crippen LogP contribution in [0.1, 0.15) is 37.3 Å². The van der Waals surface area contributed by atoms with E-state index in [1.807, 2.05) is 0 Å². The Morgan fingerprint density at radius 3 is 2.67 bits per heavy atom. The van der Waals surface area contributed by atoms with Crippen LogP contribution in [-0.4, -0.2) is 20.9 Å². The number of unbranched alkanes of at least 4 members (excludes halogenated alkanes) is 1. The zero-order valence-corrected chi connectivity index (χ0v) is 16.3. The van der Waals surface area contributed by atoms with Crippen LogP contribution in [0.15, 0.2) is 41.3 Å². The number of nitrogens with zero attached hydrogens (tertiary/aromatic N) is 1. The largest absolute Gasteiger partial charge is 0.312 e. The summed E-state index contributed by atoms with van der Waals surface area (Å²) in [6.07, 6.45) is 2.89. The van der Waals surface area contributed by atoms with E-state index in [9.17, 15) is 17.6 Å². The van der Waals surface area contributed by atoms with Crippen LogP contribution in [0.4, 0.5) is 15.8 Å². The van der Waals surface area contributed by atoms with Crippen LogP contribution in [0.25, 0.3) is 0 Å². The van der Waals surface area contributed by atoms with Gasteiger partial charge in [-0.2, -0.15) is 0 Å². The number of nitrogens with one attached hydrogen (secondary N) is 1. The van der Waals surface area contributed by atoms with Gasteiger partial charge in [-0.25, -0.2) is 12.8 Å². The van der Waals surface area contributed by atoms with Gasteiger partial charge in [0.1, 0.15) is 5.82 Å². The summed E-state index contributed by atoms with van der Waals surface area (Å²) in [4.78, 5) is 13.9. The first-order valence-electron chi connectivity index (χ1n) is 9.04. The molecule has 0 aliphatic carbocycles. The SMILES string of the molecule is CCCCN1C(=O)CCc2cc(NS(=O)(=O)c3cc(F)ccc3C)ccc21. The maximum Gasteiger partial charge on any atom is 0.262 e. The summed E-state index contributed by atoms with van der Waals surface area (Å²) >= 11 is 0. The number of hydrogen-bond acceptors (Lipinski definition) is 3. The van der Waals surface area contributed by atoms with Crippen LogP contribution in [0.5, 0.6) is 0 Å². The fourth-order valence-electron chi connectivity index (χ4n) is 3.26. The monoisotopic (exact) mass is 390 g/mol. The number of halogens is 1. The third kappa shape index (κ3) is 4.13. The third-order valence-corrected chi connectivity index (χ3v) is 6.23. The average molecular weight is 390 g/mol. The van der Waals surface area contributed by atoms with E-state index >= 15 is 0 Å². The van der Waals surface area contributed by atoms with Crippen LogP contribution in [-0.2, 0) is 21.2 Å². The minimum atomic E-state index is -3.90. The molecule has 0 atom stereocenters. The second-order valence-electron chi connectivity index (χ2n) is 6.76. The average Bonchev–Trinajstić information content (AvgIpc) is 2.62. The Labute approximate surface area is 159 Å². The van der Waals surface area contributed by atoms with Gasteiger partial charge in [0.2, 0.25) is 5.91 Å². The second kappa shape index (κ2) is 7.68. The molecule has 0 saturated carbocycles. The molecule has 2 aromatic rings. The van der Waals surface area contributed by atoms with E-state index in [-0.39, 0.29) is 10.8 Å². The molecule has 0 aromatic heterocycles. The lowest BCUT2D eigenvalue weighted by Gasteiger charge is -2.30. The standard InChI is InChI=1S/C20H23FN2O3S/c1-3-4-11-23-18-9-8-17(12-15(18)6-10-20(23)24)22-27(25,26)19-13-16(21)7-5-14(19)2/h5,7-9,12-13,22H,3-4,6,10-11H2,1-2H3. The van der Waals surface area contributed by atoms with Gasteiger partial charge in [0, 0.05) is 24.3 Å². The highest BCUT2D eigenvalue weighted by Gasteiger charge is 2.25. The van der Waals surface area contributed by atoms with E-state index in [1.165, 1.54) is 12.1 Å². The van der Waals surface area contributed by atoms with Gasteiger partial charge in [-0.05, 0) is 61.2 Å². The van der Waals surface area contributed by atoms with Crippen molar-refractivity contribution in [3.63, 3.8) is 0 Å². The molecule has 1 aliphatic heterocycles. The van der Waals surface area contributed by atoms with Gasteiger partial charge in [-0.15, -0.1) is 0 Å². The molecule has 0 bridgehead atoms. The van der Waals surface area contributed by atoms with Crippen molar-refractivity contribution in [3.05, 3.63) is 53.3 Å². The molecule has 3 rings (SSSR count). The lowest BCUT2D eigenvalue weighted by atomic mass is 10.00. The lowest BCUT2D eigenvalue weighted by Crippen LogP contribution is -2.35. The number of anilines is 2. The van der Waals surface area contributed by atoms with Gasteiger partial charge in [0.15, 0.2) is 0 Å². The summed E-state index contributed by atoms with van der Waals surface area (Å²) in [6.45, 7) is 4.36. The van der Waals surface area contributed by atoms with E-state index in [0.29, 0.717) is 30.6 Å². The highest BCUT2D eigenvalue weighted by atomic mass is 32.2. The Bertz CT molecular complexity index is 973. The molecule has 1 aliphatic rings. The summed E-state index contributed by atoms with van der Waals surface area (Å²) in [5.41, 5.74) is 2.65. The Kier molecular flexibility index (Phi) is 5.51. The molecule has 27 heavy (non-hydrogen) atoms. The number of carbonyl (C=O) groups excluding carboxylic acids is 1. The first-order chi connectivity index (χ1) is 12.8. The van der Waals surface area contributed by atoms with Crippen LogP contribution in [0.3, 0.4) is 0 Å². The quantitative estimate of drug-likeness (QED) is 0.810. The van der Waals surface area contributed by atoms with Gasteiger partial charge < -0.3 is 4.90 Å². The van der Waals surface area contributed by atoms with Gasteiger partial charge in [-0.1, -0.05) is 19.4 Å². The Balaban J connectivity index is 1.89. The molecule has 0 spiro atoms. The van der Waals surface area contributed by atoms with Crippen molar-refractivity contribution in [2.24, 2.45) is 0 Å². The van der Waals surface area contributed by atoms with Gasteiger partial charge in [-0.3, -0.25) is 9.52 Å². The predicted octanol–water partition coefficient (Wildman–Crippen LogP) is 4.01. The highest BCUT2D eigenvalue weighted by molar-refractivity contribution is 7.92. The van der Waals surface area contributed by atoms with E-state index in [1.54, 1.807) is 30.0 Å². The number of aryl methyl sites for hydroxylation is 2. The zero-order chi connectivity index (χ0) is 19.6. The number of amides is 1. The molecular formula is C20H23FN2O3S. The normalized spacial score (nSPS) is 14.2. The molecule has 5 nitrogen and oxygen atoms in total. The van der Waals surface area contributed by atoms with Crippen molar-refractivity contribution in [1.82, 2.24) is 0 Å². The number of hydrogen-bond donors (Lipinski definition) is 1. The molecule has 144 valence electrons. The molecule has 1 N–H and O–H groups in total. The number of fused-ring (bicyclic) bond motifs is 1. The molecule has 0 radical (unpaired) electrons. The van der Waals surface area contributed by atoms with Gasteiger partial charge in [0.05, 0.1) is 4.90 Å². The first-order valence-corrected chi connectivity index (χ1v) is 10.5. The third-order valence-electron chi connectivity index (χ3n) is 4.71. The number of benzene rings is 2. The second-order valence-corrected chi connectivity index (χ2v) is 8.41. The van der Waals surface area contributed by atoms with Crippen LogP contribution >= 0.6 is 0 Å². The van der Waals surface area contributed by atoms with Crippen molar-refractivity contribution >= 4 is 27.3 Å².